The Balaban J connectivity index is 0.000000483. The second-order valence-corrected chi connectivity index (χ2v) is 4.87. The van der Waals surface area contributed by atoms with Crippen molar-refractivity contribution >= 4 is 35.0 Å². The Morgan fingerprint density at radius 2 is 1.11 bits per heavy atom. The monoisotopic (exact) mass is 386 g/mol. The number of phenols is 2. The number of esters is 2. The van der Waals surface area contributed by atoms with Crippen molar-refractivity contribution in [2.45, 2.75) is 13.8 Å². The third kappa shape index (κ3) is 8.51. The fourth-order valence-electron chi connectivity index (χ4n) is 1.83. The van der Waals surface area contributed by atoms with Gasteiger partial charge in [-0.25, -0.2) is 9.59 Å². The van der Waals surface area contributed by atoms with Crippen LogP contribution in [0.5, 0.6) is 23.0 Å². The van der Waals surface area contributed by atoms with Gasteiger partial charge < -0.3 is 29.9 Å². The van der Waals surface area contributed by atoms with Crippen molar-refractivity contribution in [1.82, 2.24) is 0 Å². The van der Waals surface area contributed by atoms with Gasteiger partial charge in [0.25, 0.3) is 0 Å². The molecule has 2 N–H and O–H groups in total. The van der Waals surface area contributed by atoms with Gasteiger partial charge in [-0.05, 0) is 38.1 Å². The number of aromatic hydroxyl groups is 2. The second-order valence-electron chi connectivity index (χ2n) is 4.87. The Kier molecular flexibility index (Phi) is 10.7. The van der Waals surface area contributed by atoms with Gasteiger partial charge in [0.15, 0.2) is 0 Å². The summed E-state index contributed by atoms with van der Waals surface area (Å²) in [4.78, 5) is 22.2. The van der Waals surface area contributed by atoms with E-state index in [0.717, 1.165) is 24.3 Å². The summed E-state index contributed by atoms with van der Waals surface area (Å²) >= 11 is 0. The van der Waals surface area contributed by atoms with Crippen molar-refractivity contribution in [3.05, 3.63) is 47.5 Å². The average molecular weight is 387 g/mol. The van der Waals surface area contributed by atoms with Crippen molar-refractivity contribution in [2.75, 3.05) is 13.2 Å². The van der Waals surface area contributed by atoms with Gasteiger partial charge in [-0.15, -0.1) is 11.5 Å². The summed E-state index contributed by atoms with van der Waals surface area (Å²) in [6.45, 7) is 3.81. The molecule has 27 heavy (non-hydrogen) atoms. The smallest absolute Gasteiger partial charge is 0.872 e. The van der Waals surface area contributed by atoms with Crippen molar-refractivity contribution in [2.24, 2.45) is 0 Å². The van der Waals surface area contributed by atoms with Crippen molar-refractivity contribution in [3.63, 3.8) is 0 Å². The third-order valence-electron chi connectivity index (χ3n) is 2.80. The first-order chi connectivity index (χ1) is 12.3. The summed E-state index contributed by atoms with van der Waals surface area (Å²) in [6, 6.07) is 6.69. The minimum atomic E-state index is -0.601. The Morgan fingerprint density at radius 3 is 1.37 bits per heavy atom. The average Bonchev–Trinajstić information content (AvgIpc) is 2.54. The van der Waals surface area contributed by atoms with Crippen LogP contribution >= 0.6 is 0 Å². The van der Waals surface area contributed by atoms with Gasteiger partial charge in [-0.3, -0.25) is 0 Å². The number of benzene rings is 2. The van der Waals surface area contributed by atoms with Crippen LogP contribution in [0.1, 0.15) is 34.6 Å². The summed E-state index contributed by atoms with van der Waals surface area (Å²) in [7, 11) is 0. The largest absolute Gasteiger partial charge is 2.00 e. The molecule has 0 spiro atoms. The van der Waals surface area contributed by atoms with E-state index in [0.29, 0.717) is 0 Å². The first-order valence-electron chi connectivity index (χ1n) is 7.63. The molecular weight excluding hydrogens is 368 g/mol. The molecule has 0 aliphatic heterocycles. The van der Waals surface area contributed by atoms with Crippen LogP contribution in [-0.2, 0) is 9.47 Å². The van der Waals surface area contributed by atoms with Crippen LogP contribution < -0.4 is 10.2 Å². The molecule has 0 unspecified atom stereocenters. The van der Waals surface area contributed by atoms with Gasteiger partial charge in [0.1, 0.15) is 11.5 Å². The fraction of sp³-hybridized carbons (Fsp3) is 0.222. The van der Waals surface area contributed by atoms with Gasteiger partial charge in [0.05, 0.1) is 24.3 Å². The maximum atomic E-state index is 11.1. The topological polar surface area (TPSA) is 139 Å². The first kappa shape index (κ1) is 24.3. The van der Waals surface area contributed by atoms with Crippen LogP contribution in [0.3, 0.4) is 0 Å². The summed E-state index contributed by atoms with van der Waals surface area (Å²) < 4.78 is 9.30. The molecule has 0 aromatic heterocycles. The predicted octanol–water partition coefficient (Wildman–Crippen LogP) is 0.904. The number of carbonyl (C=O) groups is 2. The Morgan fingerprint density at radius 1 is 0.778 bits per heavy atom. The third-order valence-corrected chi connectivity index (χ3v) is 2.80. The number of ether oxygens (including phenoxy) is 2. The summed E-state index contributed by atoms with van der Waals surface area (Å²) in [5.74, 6) is -2.48. The molecule has 0 fully saturated rings. The van der Waals surface area contributed by atoms with Gasteiger partial charge in [0.2, 0.25) is 0 Å². The van der Waals surface area contributed by atoms with E-state index in [-0.39, 0.29) is 58.9 Å². The van der Waals surface area contributed by atoms with E-state index in [2.05, 4.69) is 9.47 Å². The first-order valence-corrected chi connectivity index (χ1v) is 7.63. The molecule has 2 aromatic rings. The van der Waals surface area contributed by atoms with Crippen LogP contribution in [0.25, 0.3) is 0 Å². The normalized spacial score (nSPS) is 9.26. The number of rotatable bonds is 4. The standard InChI is InChI=1S/2C9H10O4.Mg/c2*1-2-13-9(12)6-3-7(10)5-8(11)4-6;/h2*3-5,10-11H,2H2,1H3;/q;;+2/p-2. The molecular formula is C18H18MgO8. The number of carbonyl (C=O) groups excluding carboxylic acids is 2. The van der Waals surface area contributed by atoms with E-state index >= 15 is 0 Å². The zero-order valence-corrected chi connectivity index (χ0v) is 16.3. The van der Waals surface area contributed by atoms with Crippen LogP contribution in [-0.4, -0.2) is 58.4 Å². The molecule has 2 rings (SSSR count). The van der Waals surface area contributed by atoms with E-state index < -0.39 is 23.4 Å². The van der Waals surface area contributed by atoms with E-state index in [9.17, 15) is 19.8 Å². The Bertz CT molecular complexity index is 670. The van der Waals surface area contributed by atoms with Crippen molar-refractivity contribution < 1.29 is 39.5 Å². The molecule has 140 valence electrons. The molecule has 0 amide bonds. The maximum Gasteiger partial charge on any atom is 2.00 e. The van der Waals surface area contributed by atoms with Crippen LogP contribution in [0, 0.1) is 0 Å². The molecule has 9 heteroatoms. The minimum Gasteiger partial charge on any atom is -0.872 e. The summed E-state index contributed by atoms with van der Waals surface area (Å²) in [6.07, 6.45) is 0. The molecule has 0 radical (unpaired) electrons. The van der Waals surface area contributed by atoms with E-state index in [4.69, 9.17) is 10.2 Å². The maximum absolute atomic E-state index is 11.1. The SMILES string of the molecule is CCOC(=O)c1cc([O-])cc(O)c1.CCOC(=O)c1cc([O-])cc(O)c1.[Mg+2]. The molecule has 0 saturated carbocycles. The number of hydrogen-bond donors (Lipinski definition) is 2. The molecule has 0 atom stereocenters. The Labute approximate surface area is 172 Å². The number of hydrogen-bond acceptors (Lipinski definition) is 8. The van der Waals surface area contributed by atoms with Crippen LogP contribution in [0.15, 0.2) is 36.4 Å². The Hall–Kier alpha value is -2.65. The predicted molar refractivity (Wildman–Crippen MR) is 92.8 cm³/mol. The molecule has 0 bridgehead atoms. The second kappa shape index (κ2) is 11.9. The molecule has 0 heterocycles. The quantitative estimate of drug-likeness (QED) is 0.583. The van der Waals surface area contributed by atoms with E-state index in [1.54, 1.807) is 13.8 Å². The number of phenolic OH excluding ortho intramolecular Hbond substituents is 2. The van der Waals surface area contributed by atoms with Gasteiger partial charge in [-0.1, -0.05) is 12.1 Å². The van der Waals surface area contributed by atoms with Crippen LogP contribution in [0.2, 0.25) is 0 Å². The fourth-order valence-corrected chi connectivity index (χ4v) is 1.83. The molecule has 2 aromatic carbocycles. The minimum absolute atomic E-state index is 0. The van der Waals surface area contributed by atoms with E-state index in [1.165, 1.54) is 12.1 Å². The van der Waals surface area contributed by atoms with Gasteiger partial charge in [-0.2, -0.15) is 0 Å². The van der Waals surface area contributed by atoms with Crippen molar-refractivity contribution in [3.8, 4) is 23.0 Å². The molecule has 8 nitrogen and oxygen atoms in total. The zero-order valence-electron chi connectivity index (χ0n) is 14.9. The zero-order chi connectivity index (χ0) is 19.7. The summed E-state index contributed by atoms with van der Waals surface area (Å²) in [5, 5.41) is 39.7. The summed E-state index contributed by atoms with van der Waals surface area (Å²) in [5.41, 5.74) is 0.152. The van der Waals surface area contributed by atoms with Crippen LogP contribution in [0.4, 0.5) is 0 Å². The van der Waals surface area contributed by atoms with Crippen molar-refractivity contribution in [1.29, 1.82) is 0 Å². The molecule has 0 aliphatic carbocycles. The van der Waals surface area contributed by atoms with Gasteiger partial charge >= 0.3 is 35.0 Å². The molecule has 0 aliphatic rings. The molecule has 0 saturated heterocycles. The van der Waals surface area contributed by atoms with E-state index in [1.807, 2.05) is 0 Å². The van der Waals surface area contributed by atoms with Gasteiger partial charge in [0, 0.05) is 0 Å².